The molecular formula is C20H24N2O6. The van der Waals surface area contributed by atoms with E-state index in [4.69, 9.17) is 18.9 Å². The van der Waals surface area contributed by atoms with Gasteiger partial charge in [-0.2, -0.15) is 0 Å². The smallest absolute Gasteiger partial charge is 0.255 e. The monoisotopic (exact) mass is 388 g/mol. The normalized spacial score (nSPS) is 10.0. The molecule has 0 radical (unpaired) electrons. The predicted molar refractivity (Wildman–Crippen MR) is 106 cm³/mol. The molecule has 0 aliphatic rings. The summed E-state index contributed by atoms with van der Waals surface area (Å²) < 4.78 is 21.1. The number of amides is 2. The number of carbonyl (C=O) groups is 2. The summed E-state index contributed by atoms with van der Waals surface area (Å²) in [6, 6.07) is 8.04. The van der Waals surface area contributed by atoms with Gasteiger partial charge in [0, 0.05) is 29.8 Å². The third-order valence-corrected chi connectivity index (χ3v) is 3.98. The van der Waals surface area contributed by atoms with Crippen LogP contribution in [-0.2, 0) is 4.79 Å². The molecule has 2 rings (SSSR count). The second kappa shape index (κ2) is 9.50. The Bertz CT molecular complexity index is 841. The minimum absolute atomic E-state index is 0.180. The first kappa shape index (κ1) is 20.9. The van der Waals surface area contributed by atoms with Crippen molar-refractivity contribution < 1.29 is 28.5 Å². The molecule has 0 spiro atoms. The lowest BCUT2D eigenvalue weighted by molar-refractivity contribution is -0.115. The van der Waals surface area contributed by atoms with Gasteiger partial charge in [0.05, 0.1) is 34.1 Å². The van der Waals surface area contributed by atoms with Gasteiger partial charge >= 0.3 is 0 Å². The molecule has 0 aromatic heterocycles. The van der Waals surface area contributed by atoms with Crippen molar-refractivity contribution in [3.8, 4) is 23.0 Å². The second-order valence-corrected chi connectivity index (χ2v) is 5.68. The summed E-state index contributed by atoms with van der Waals surface area (Å²) in [7, 11) is 5.98. The van der Waals surface area contributed by atoms with Gasteiger partial charge in [-0.3, -0.25) is 9.59 Å². The Hall–Kier alpha value is -3.42. The Labute approximate surface area is 163 Å². The van der Waals surface area contributed by atoms with E-state index in [9.17, 15) is 9.59 Å². The first-order chi connectivity index (χ1) is 13.5. The molecule has 150 valence electrons. The number of anilines is 2. The largest absolute Gasteiger partial charge is 0.495 e. The van der Waals surface area contributed by atoms with Gasteiger partial charge in [-0.05, 0) is 18.2 Å². The van der Waals surface area contributed by atoms with Crippen molar-refractivity contribution in [2.24, 2.45) is 0 Å². The molecule has 0 aliphatic heterocycles. The Balaban J connectivity index is 2.32. The summed E-state index contributed by atoms with van der Waals surface area (Å²) in [5.41, 5.74) is 1.24. The lowest BCUT2D eigenvalue weighted by Crippen LogP contribution is -2.15. The number of hydrogen-bond acceptors (Lipinski definition) is 6. The lowest BCUT2D eigenvalue weighted by atomic mass is 10.1. The number of hydrogen-bond donors (Lipinski definition) is 2. The maximum atomic E-state index is 12.7. The van der Waals surface area contributed by atoms with Crippen LogP contribution in [0.15, 0.2) is 30.3 Å². The summed E-state index contributed by atoms with van der Waals surface area (Å²) in [6.45, 7) is 1.74. The number of ether oxygens (including phenoxy) is 4. The van der Waals surface area contributed by atoms with Gasteiger partial charge < -0.3 is 29.6 Å². The first-order valence-electron chi connectivity index (χ1n) is 8.56. The summed E-state index contributed by atoms with van der Waals surface area (Å²) in [4.78, 5) is 24.4. The maximum absolute atomic E-state index is 12.7. The molecule has 0 heterocycles. The van der Waals surface area contributed by atoms with Gasteiger partial charge in [-0.15, -0.1) is 0 Å². The Kier molecular flexibility index (Phi) is 7.08. The molecule has 0 atom stereocenters. The lowest BCUT2D eigenvalue weighted by Gasteiger charge is -2.15. The summed E-state index contributed by atoms with van der Waals surface area (Å²) in [6.07, 6.45) is 0.311. The fourth-order valence-electron chi connectivity index (χ4n) is 2.54. The zero-order valence-corrected chi connectivity index (χ0v) is 16.5. The second-order valence-electron chi connectivity index (χ2n) is 5.68. The first-order valence-corrected chi connectivity index (χ1v) is 8.56. The Morgan fingerprint density at radius 2 is 1.43 bits per heavy atom. The van der Waals surface area contributed by atoms with Gasteiger partial charge in [0.15, 0.2) is 11.5 Å². The fourth-order valence-corrected chi connectivity index (χ4v) is 2.54. The van der Waals surface area contributed by atoms with Crippen LogP contribution in [0.2, 0.25) is 0 Å². The number of nitrogens with one attached hydrogen (secondary N) is 2. The molecule has 0 bridgehead atoms. The third kappa shape index (κ3) is 4.64. The van der Waals surface area contributed by atoms with Crippen LogP contribution < -0.4 is 29.6 Å². The van der Waals surface area contributed by atoms with Crippen LogP contribution in [-0.4, -0.2) is 40.3 Å². The molecule has 8 nitrogen and oxygen atoms in total. The number of benzene rings is 2. The SMILES string of the molecule is CCC(=O)Nc1cc(C(=O)Nc2cc(OC)c(OC)c(OC)c2)ccc1OC. The topological polar surface area (TPSA) is 95.1 Å². The van der Waals surface area contributed by atoms with Crippen molar-refractivity contribution in [2.75, 3.05) is 39.1 Å². The van der Waals surface area contributed by atoms with E-state index in [1.165, 1.54) is 28.4 Å². The van der Waals surface area contributed by atoms with Crippen molar-refractivity contribution >= 4 is 23.2 Å². The summed E-state index contributed by atoms with van der Waals surface area (Å²) in [5, 5.41) is 5.50. The van der Waals surface area contributed by atoms with E-state index in [0.29, 0.717) is 46.4 Å². The average Bonchev–Trinajstić information content (AvgIpc) is 2.72. The number of rotatable bonds is 8. The molecule has 2 aromatic rings. The zero-order chi connectivity index (χ0) is 20.7. The minimum atomic E-state index is -0.371. The Morgan fingerprint density at radius 3 is 1.93 bits per heavy atom. The van der Waals surface area contributed by atoms with Gasteiger partial charge in [-0.25, -0.2) is 0 Å². The summed E-state index contributed by atoms with van der Waals surface area (Å²) >= 11 is 0. The number of carbonyl (C=O) groups excluding carboxylic acids is 2. The average molecular weight is 388 g/mol. The van der Waals surface area contributed by atoms with E-state index < -0.39 is 0 Å². The molecule has 8 heteroatoms. The Morgan fingerprint density at radius 1 is 0.821 bits per heavy atom. The van der Waals surface area contributed by atoms with Crippen molar-refractivity contribution in [3.05, 3.63) is 35.9 Å². The van der Waals surface area contributed by atoms with E-state index in [1.54, 1.807) is 37.3 Å². The third-order valence-electron chi connectivity index (χ3n) is 3.98. The van der Waals surface area contributed by atoms with E-state index in [-0.39, 0.29) is 11.8 Å². The zero-order valence-electron chi connectivity index (χ0n) is 16.5. The van der Waals surface area contributed by atoms with Crippen LogP contribution in [0.3, 0.4) is 0 Å². The van der Waals surface area contributed by atoms with E-state index >= 15 is 0 Å². The van der Waals surface area contributed by atoms with Crippen molar-refractivity contribution in [3.63, 3.8) is 0 Å². The van der Waals surface area contributed by atoms with E-state index in [1.807, 2.05) is 0 Å². The number of methoxy groups -OCH3 is 4. The van der Waals surface area contributed by atoms with Crippen molar-refractivity contribution in [2.45, 2.75) is 13.3 Å². The fraction of sp³-hybridized carbons (Fsp3) is 0.300. The molecule has 0 fully saturated rings. The molecule has 28 heavy (non-hydrogen) atoms. The highest BCUT2D eigenvalue weighted by atomic mass is 16.5. The van der Waals surface area contributed by atoms with Crippen LogP contribution in [0.5, 0.6) is 23.0 Å². The maximum Gasteiger partial charge on any atom is 0.255 e. The standard InChI is InChI=1S/C20H24N2O6/c1-6-18(23)22-14-9-12(7-8-15(14)25-2)20(24)21-13-10-16(26-3)19(28-5)17(11-13)27-4/h7-11H,6H2,1-5H3,(H,21,24)(H,22,23). The van der Waals surface area contributed by atoms with Crippen LogP contribution in [0.1, 0.15) is 23.7 Å². The van der Waals surface area contributed by atoms with E-state index in [2.05, 4.69) is 10.6 Å². The van der Waals surface area contributed by atoms with Crippen molar-refractivity contribution in [1.82, 2.24) is 0 Å². The van der Waals surface area contributed by atoms with Gasteiger partial charge in [0.1, 0.15) is 5.75 Å². The molecule has 2 aromatic carbocycles. The summed E-state index contributed by atoms with van der Waals surface area (Å²) in [5.74, 6) is 1.18. The highest BCUT2D eigenvalue weighted by Crippen LogP contribution is 2.40. The van der Waals surface area contributed by atoms with E-state index in [0.717, 1.165) is 0 Å². The van der Waals surface area contributed by atoms with Gasteiger partial charge in [0.2, 0.25) is 11.7 Å². The predicted octanol–water partition coefficient (Wildman–Crippen LogP) is 3.32. The minimum Gasteiger partial charge on any atom is -0.495 e. The van der Waals surface area contributed by atoms with Crippen LogP contribution in [0.25, 0.3) is 0 Å². The quantitative estimate of drug-likeness (QED) is 0.720. The van der Waals surface area contributed by atoms with Crippen molar-refractivity contribution in [1.29, 1.82) is 0 Å². The van der Waals surface area contributed by atoms with Crippen LogP contribution in [0, 0.1) is 0 Å². The van der Waals surface area contributed by atoms with Crippen LogP contribution >= 0.6 is 0 Å². The highest BCUT2D eigenvalue weighted by Gasteiger charge is 2.16. The van der Waals surface area contributed by atoms with Gasteiger partial charge in [-0.1, -0.05) is 6.92 Å². The van der Waals surface area contributed by atoms with Gasteiger partial charge in [0.25, 0.3) is 5.91 Å². The molecule has 2 amide bonds. The molecule has 0 saturated heterocycles. The highest BCUT2D eigenvalue weighted by molar-refractivity contribution is 6.06. The molecule has 2 N–H and O–H groups in total. The molecule has 0 aliphatic carbocycles. The molecular weight excluding hydrogens is 364 g/mol. The molecule has 0 saturated carbocycles. The van der Waals surface area contributed by atoms with Crippen LogP contribution in [0.4, 0.5) is 11.4 Å². The molecule has 0 unspecified atom stereocenters.